The lowest BCUT2D eigenvalue weighted by atomic mass is 10.1. The molecule has 2 aromatic heterocycles. The minimum Gasteiger partial charge on any atom is -0.468 e. The molecule has 92 valence electrons. The zero-order valence-corrected chi connectivity index (χ0v) is 10.2. The molecule has 1 atom stereocenters. The molecular formula is C13H19N3O. The Bertz CT molecular complexity index is 394. The summed E-state index contributed by atoms with van der Waals surface area (Å²) in [6, 6.07) is 6.23. The fourth-order valence-corrected chi connectivity index (χ4v) is 1.89. The molecule has 0 saturated heterocycles. The van der Waals surface area contributed by atoms with E-state index < -0.39 is 0 Å². The molecule has 4 heteroatoms. The number of hydrogen-bond donors (Lipinski definition) is 1. The van der Waals surface area contributed by atoms with Gasteiger partial charge in [0.05, 0.1) is 12.3 Å². The molecule has 1 N–H and O–H groups in total. The van der Waals surface area contributed by atoms with Crippen LogP contribution in [0.1, 0.15) is 31.6 Å². The molecule has 0 aliphatic heterocycles. The average molecular weight is 233 g/mol. The minimum atomic E-state index is 0.322. The van der Waals surface area contributed by atoms with Gasteiger partial charge in [0.2, 0.25) is 0 Å². The molecule has 0 saturated carbocycles. The van der Waals surface area contributed by atoms with Gasteiger partial charge in [-0.05, 0) is 37.6 Å². The van der Waals surface area contributed by atoms with Crippen LogP contribution in [0.2, 0.25) is 0 Å². The second kappa shape index (κ2) is 6.25. The second-order valence-corrected chi connectivity index (χ2v) is 4.05. The third kappa shape index (κ3) is 3.46. The maximum absolute atomic E-state index is 5.41. The van der Waals surface area contributed by atoms with Crippen LogP contribution in [0.25, 0.3) is 0 Å². The summed E-state index contributed by atoms with van der Waals surface area (Å²) < 4.78 is 7.36. The smallest absolute Gasteiger partial charge is 0.120 e. The van der Waals surface area contributed by atoms with Gasteiger partial charge < -0.3 is 9.73 Å². The van der Waals surface area contributed by atoms with Gasteiger partial charge in [-0.25, -0.2) is 0 Å². The summed E-state index contributed by atoms with van der Waals surface area (Å²) in [6.07, 6.45) is 7.63. The quantitative estimate of drug-likeness (QED) is 0.747. The summed E-state index contributed by atoms with van der Waals surface area (Å²) in [5.41, 5.74) is 0. The van der Waals surface area contributed by atoms with Crippen molar-refractivity contribution in [2.45, 2.75) is 32.4 Å². The fourth-order valence-electron chi connectivity index (χ4n) is 1.89. The van der Waals surface area contributed by atoms with Crippen LogP contribution in [-0.4, -0.2) is 16.3 Å². The van der Waals surface area contributed by atoms with Gasteiger partial charge >= 0.3 is 0 Å². The Labute approximate surface area is 102 Å². The highest BCUT2D eigenvalue weighted by atomic mass is 16.3. The van der Waals surface area contributed by atoms with Crippen molar-refractivity contribution in [1.29, 1.82) is 0 Å². The lowest BCUT2D eigenvalue weighted by molar-refractivity contribution is 0.396. The van der Waals surface area contributed by atoms with Crippen LogP contribution >= 0.6 is 0 Å². The van der Waals surface area contributed by atoms with Crippen LogP contribution in [0.15, 0.2) is 41.3 Å². The van der Waals surface area contributed by atoms with E-state index >= 15 is 0 Å². The number of rotatable bonds is 7. The fraction of sp³-hybridized carbons (Fsp3) is 0.462. The van der Waals surface area contributed by atoms with Gasteiger partial charge in [0.15, 0.2) is 0 Å². The number of nitrogens with zero attached hydrogens (tertiary/aromatic N) is 2. The number of hydrogen-bond acceptors (Lipinski definition) is 3. The van der Waals surface area contributed by atoms with E-state index in [1.165, 1.54) is 0 Å². The Morgan fingerprint density at radius 3 is 3.06 bits per heavy atom. The normalized spacial score (nSPS) is 12.8. The summed E-state index contributed by atoms with van der Waals surface area (Å²) in [5.74, 6) is 1.02. The Kier molecular flexibility index (Phi) is 4.38. The lowest BCUT2D eigenvalue weighted by Crippen LogP contribution is -2.22. The molecular weight excluding hydrogens is 214 g/mol. The highest BCUT2D eigenvalue weighted by molar-refractivity contribution is 5.03. The molecule has 0 aliphatic rings. The van der Waals surface area contributed by atoms with E-state index in [2.05, 4.69) is 17.3 Å². The van der Waals surface area contributed by atoms with E-state index in [-0.39, 0.29) is 0 Å². The Balaban J connectivity index is 1.70. The van der Waals surface area contributed by atoms with Gasteiger partial charge in [-0.15, -0.1) is 0 Å². The third-order valence-electron chi connectivity index (χ3n) is 2.81. The standard InChI is InChI=1S/C13H19N3O/c1-2-12(13-6-3-11-17-13)14-7-4-9-16-10-5-8-15-16/h3,5-6,8,10-12,14H,2,4,7,9H2,1H3. The van der Waals surface area contributed by atoms with Gasteiger partial charge in [0.25, 0.3) is 0 Å². The van der Waals surface area contributed by atoms with Gasteiger partial charge in [0, 0.05) is 18.9 Å². The monoisotopic (exact) mass is 233 g/mol. The van der Waals surface area contributed by atoms with Crippen LogP contribution in [0.5, 0.6) is 0 Å². The second-order valence-electron chi connectivity index (χ2n) is 4.05. The summed E-state index contributed by atoms with van der Waals surface area (Å²) in [6.45, 7) is 4.08. The molecule has 0 bridgehead atoms. The van der Waals surface area contributed by atoms with Crippen molar-refractivity contribution in [3.63, 3.8) is 0 Å². The zero-order valence-electron chi connectivity index (χ0n) is 10.2. The van der Waals surface area contributed by atoms with Gasteiger partial charge in [-0.3, -0.25) is 4.68 Å². The molecule has 0 fully saturated rings. The highest BCUT2D eigenvalue weighted by Crippen LogP contribution is 2.16. The molecule has 0 aliphatic carbocycles. The summed E-state index contributed by atoms with van der Waals surface area (Å²) in [7, 11) is 0. The first-order chi connectivity index (χ1) is 8.40. The molecule has 17 heavy (non-hydrogen) atoms. The molecule has 2 rings (SSSR count). The van der Waals surface area contributed by atoms with Crippen molar-refractivity contribution in [3.8, 4) is 0 Å². The average Bonchev–Trinajstić information content (AvgIpc) is 3.01. The Hall–Kier alpha value is -1.55. The minimum absolute atomic E-state index is 0.322. The molecule has 2 aromatic rings. The molecule has 0 spiro atoms. The van der Waals surface area contributed by atoms with E-state index in [0.29, 0.717) is 6.04 Å². The van der Waals surface area contributed by atoms with Gasteiger partial charge in [-0.1, -0.05) is 6.92 Å². The van der Waals surface area contributed by atoms with Crippen molar-refractivity contribution in [3.05, 3.63) is 42.6 Å². The maximum Gasteiger partial charge on any atom is 0.120 e. The van der Waals surface area contributed by atoms with E-state index in [1.54, 1.807) is 6.26 Å². The molecule has 0 amide bonds. The summed E-state index contributed by atoms with van der Waals surface area (Å²) in [4.78, 5) is 0. The first-order valence-electron chi connectivity index (χ1n) is 6.14. The van der Waals surface area contributed by atoms with Crippen molar-refractivity contribution in [2.75, 3.05) is 6.54 Å². The highest BCUT2D eigenvalue weighted by Gasteiger charge is 2.10. The van der Waals surface area contributed by atoms with Gasteiger partial charge in [-0.2, -0.15) is 5.10 Å². The van der Waals surface area contributed by atoms with Crippen molar-refractivity contribution in [2.24, 2.45) is 0 Å². The van der Waals surface area contributed by atoms with Crippen molar-refractivity contribution in [1.82, 2.24) is 15.1 Å². The molecule has 4 nitrogen and oxygen atoms in total. The molecule has 0 radical (unpaired) electrons. The van der Waals surface area contributed by atoms with Crippen LogP contribution in [-0.2, 0) is 6.54 Å². The van der Waals surface area contributed by atoms with Crippen LogP contribution < -0.4 is 5.32 Å². The van der Waals surface area contributed by atoms with Gasteiger partial charge in [0.1, 0.15) is 5.76 Å². The van der Waals surface area contributed by atoms with E-state index in [9.17, 15) is 0 Å². The third-order valence-corrected chi connectivity index (χ3v) is 2.81. The van der Waals surface area contributed by atoms with Crippen molar-refractivity contribution >= 4 is 0 Å². The number of aromatic nitrogens is 2. The van der Waals surface area contributed by atoms with Crippen LogP contribution in [0.3, 0.4) is 0 Å². The van der Waals surface area contributed by atoms with E-state index in [1.807, 2.05) is 35.3 Å². The predicted octanol–water partition coefficient (Wildman–Crippen LogP) is 2.61. The lowest BCUT2D eigenvalue weighted by Gasteiger charge is -2.14. The van der Waals surface area contributed by atoms with E-state index in [4.69, 9.17) is 4.42 Å². The summed E-state index contributed by atoms with van der Waals surface area (Å²) >= 11 is 0. The van der Waals surface area contributed by atoms with Crippen LogP contribution in [0.4, 0.5) is 0 Å². The van der Waals surface area contributed by atoms with Crippen molar-refractivity contribution < 1.29 is 4.42 Å². The first-order valence-corrected chi connectivity index (χ1v) is 6.14. The molecule has 2 heterocycles. The number of nitrogens with one attached hydrogen (secondary N) is 1. The number of aryl methyl sites for hydroxylation is 1. The van der Waals surface area contributed by atoms with Crippen LogP contribution in [0, 0.1) is 0 Å². The largest absolute Gasteiger partial charge is 0.468 e. The zero-order chi connectivity index (χ0) is 11.9. The first kappa shape index (κ1) is 11.9. The predicted molar refractivity (Wildman–Crippen MR) is 66.6 cm³/mol. The Morgan fingerprint density at radius 2 is 2.41 bits per heavy atom. The molecule has 0 aromatic carbocycles. The summed E-state index contributed by atoms with van der Waals surface area (Å²) in [5, 5.41) is 7.67. The van der Waals surface area contributed by atoms with E-state index in [0.717, 1.165) is 31.7 Å². The topological polar surface area (TPSA) is 43.0 Å². The Morgan fingerprint density at radius 1 is 1.47 bits per heavy atom. The molecule has 1 unspecified atom stereocenters. The maximum atomic E-state index is 5.41. The number of furan rings is 1. The SMILES string of the molecule is CCC(NCCCn1cccn1)c1ccco1.